The van der Waals surface area contributed by atoms with Gasteiger partial charge in [0.15, 0.2) is 11.6 Å². The molecular weight excluding hydrogens is 468 g/mol. The normalized spacial score (nSPS) is 11.1. The van der Waals surface area contributed by atoms with Crippen LogP contribution in [0, 0.1) is 23.0 Å². The van der Waals surface area contributed by atoms with Crippen LogP contribution in [0.15, 0.2) is 67.6 Å². The van der Waals surface area contributed by atoms with Crippen LogP contribution < -0.4 is 10.2 Å². The summed E-state index contributed by atoms with van der Waals surface area (Å²) in [5.41, 5.74) is 4.06. The zero-order valence-electron chi connectivity index (χ0n) is 21.0. The van der Waals surface area contributed by atoms with E-state index >= 15 is 8.78 Å². The number of halogens is 2. The van der Waals surface area contributed by atoms with E-state index in [4.69, 9.17) is 0 Å². The highest BCUT2D eigenvalue weighted by atomic mass is 19.1. The van der Waals surface area contributed by atoms with Crippen molar-refractivity contribution in [2.24, 2.45) is 0 Å². The number of anilines is 2. The van der Waals surface area contributed by atoms with Crippen molar-refractivity contribution in [2.45, 2.75) is 39.8 Å². The van der Waals surface area contributed by atoms with Gasteiger partial charge in [0, 0.05) is 42.0 Å². The molecule has 0 aliphatic carbocycles. The molecule has 4 aromatic rings. The number of nitriles is 1. The molecule has 2 heterocycles. The molecule has 0 aliphatic heterocycles. The zero-order valence-corrected chi connectivity index (χ0v) is 21.0. The van der Waals surface area contributed by atoms with E-state index in [1.54, 1.807) is 29.3 Å². The minimum atomic E-state index is -0.669. The quantitative estimate of drug-likeness (QED) is 0.239. The number of H-pyrrole nitrogens is 1. The number of allylic oxidation sites excluding steroid dienone is 1. The number of nitrogens with zero attached hydrogens (tertiary/aromatic N) is 3. The van der Waals surface area contributed by atoms with Crippen molar-refractivity contribution >= 4 is 28.5 Å². The van der Waals surface area contributed by atoms with E-state index in [1.807, 2.05) is 44.5 Å². The summed E-state index contributed by atoms with van der Waals surface area (Å²) < 4.78 is 31.5. The number of aromatic nitrogens is 2. The van der Waals surface area contributed by atoms with Gasteiger partial charge in [-0.25, -0.2) is 13.8 Å². The molecule has 188 valence electrons. The van der Waals surface area contributed by atoms with Gasteiger partial charge < -0.3 is 15.2 Å². The number of aromatic amines is 1. The fourth-order valence-corrected chi connectivity index (χ4v) is 4.36. The van der Waals surface area contributed by atoms with Gasteiger partial charge in [-0.1, -0.05) is 44.7 Å². The number of hydrogen-bond donors (Lipinski definition) is 2. The van der Waals surface area contributed by atoms with E-state index in [0.29, 0.717) is 23.2 Å². The molecule has 0 saturated heterocycles. The molecule has 0 unspecified atom stereocenters. The summed E-state index contributed by atoms with van der Waals surface area (Å²) in [5.74, 6) is -1.27. The molecule has 0 atom stereocenters. The lowest BCUT2D eigenvalue weighted by atomic mass is 10.0. The average molecular weight is 498 g/mol. The Morgan fingerprint density at radius 2 is 1.97 bits per heavy atom. The highest BCUT2D eigenvalue weighted by molar-refractivity contribution is 5.91. The summed E-state index contributed by atoms with van der Waals surface area (Å²) in [5, 5.41) is 13.6. The first-order chi connectivity index (χ1) is 18.0. The van der Waals surface area contributed by atoms with E-state index in [-0.39, 0.29) is 24.3 Å². The van der Waals surface area contributed by atoms with Gasteiger partial charge >= 0.3 is 0 Å². The number of aryl methyl sites for hydroxylation is 1. The Balaban J connectivity index is 1.88. The number of pyridine rings is 1. The summed E-state index contributed by atoms with van der Waals surface area (Å²) in [4.78, 5) is 9.31. The van der Waals surface area contributed by atoms with E-state index in [0.717, 1.165) is 28.6 Å². The third-order valence-electron chi connectivity index (χ3n) is 6.24. The third-order valence-corrected chi connectivity index (χ3v) is 6.24. The predicted octanol–water partition coefficient (Wildman–Crippen LogP) is 7.46. The van der Waals surface area contributed by atoms with E-state index in [9.17, 15) is 5.26 Å². The molecule has 4 rings (SSSR count). The van der Waals surface area contributed by atoms with Crippen molar-refractivity contribution in [2.75, 3.05) is 10.2 Å². The van der Waals surface area contributed by atoms with Crippen molar-refractivity contribution in [1.29, 1.82) is 5.26 Å². The maximum atomic E-state index is 15.8. The Morgan fingerprint density at radius 1 is 1.14 bits per heavy atom. The zero-order chi connectivity index (χ0) is 26.4. The van der Waals surface area contributed by atoms with Gasteiger partial charge in [0.1, 0.15) is 11.3 Å². The Hall–Kier alpha value is -4.44. The molecule has 5 nitrogen and oxygen atoms in total. The molecule has 37 heavy (non-hydrogen) atoms. The minimum absolute atomic E-state index is 0.124. The smallest absolute Gasteiger partial charge is 0.156 e. The highest BCUT2D eigenvalue weighted by Crippen LogP contribution is 2.34. The Bertz CT molecular complexity index is 1500. The van der Waals surface area contributed by atoms with Crippen LogP contribution in [-0.4, -0.2) is 9.97 Å². The number of benzene rings is 2. The monoisotopic (exact) mass is 497 g/mol. The van der Waals surface area contributed by atoms with Crippen LogP contribution in [0.5, 0.6) is 0 Å². The summed E-state index contributed by atoms with van der Waals surface area (Å²) in [6, 6.07) is 12.6. The van der Waals surface area contributed by atoms with Crippen LogP contribution in [0.3, 0.4) is 0 Å². The van der Waals surface area contributed by atoms with E-state index in [1.165, 1.54) is 12.1 Å². The number of fused-ring (bicyclic) bond motifs is 1. The molecule has 2 aromatic heterocycles. The summed E-state index contributed by atoms with van der Waals surface area (Å²) in [6.45, 7) is 7.95. The third kappa shape index (κ3) is 5.39. The largest absolute Gasteiger partial charge is 0.361 e. The standard InChI is InChI=1S/C30H29F2N5/c1-4-7-12-34-28-24(17-36-30-25(28)11-13-35-30)19-37(18-21-10-8-9-20(14-21)16-33)29-26(31)22(5-2)15-23(6-3)27(29)32/h5,7-15,17H,2,4,6,18-19H2,1,3H3,(H2,34,35,36)/b12-7+. The maximum absolute atomic E-state index is 15.8. The van der Waals surface area contributed by atoms with Crippen molar-refractivity contribution in [1.82, 2.24) is 9.97 Å². The number of rotatable bonds is 10. The van der Waals surface area contributed by atoms with Crippen molar-refractivity contribution in [3.05, 3.63) is 107 Å². The summed E-state index contributed by atoms with van der Waals surface area (Å²) >= 11 is 0. The Labute approximate surface area is 215 Å². The highest BCUT2D eigenvalue weighted by Gasteiger charge is 2.24. The second-order valence-corrected chi connectivity index (χ2v) is 8.68. The van der Waals surface area contributed by atoms with Gasteiger partial charge in [0.2, 0.25) is 0 Å². The van der Waals surface area contributed by atoms with Crippen molar-refractivity contribution < 1.29 is 8.78 Å². The first kappa shape index (κ1) is 25.6. The predicted molar refractivity (Wildman–Crippen MR) is 146 cm³/mol. The lowest BCUT2D eigenvalue weighted by Gasteiger charge is -2.28. The van der Waals surface area contributed by atoms with Crippen LogP contribution in [0.25, 0.3) is 17.1 Å². The molecule has 7 heteroatoms. The molecular formula is C30H29F2N5. The number of nitrogens with one attached hydrogen (secondary N) is 2. The van der Waals surface area contributed by atoms with Crippen LogP contribution in [0.1, 0.15) is 48.1 Å². The van der Waals surface area contributed by atoms with Gasteiger partial charge in [-0.15, -0.1) is 0 Å². The summed E-state index contributed by atoms with van der Waals surface area (Å²) in [7, 11) is 0. The lowest BCUT2D eigenvalue weighted by molar-refractivity contribution is 0.558. The molecule has 0 amide bonds. The van der Waals surface area contributed by atoms with Crippen molar-refractivity contribution in [3.8, 4) is 6.07 Å². The molecule has 0 spiro atoms. The van der Waals surface area contributed by atoms with Gasteiger partial charge in [0.05, 0.1) is 17.3 Å². The van der Waals surface area contributed by atoms with Gasteiger partial charge in [-0.05, 0) is 54.4 Å². The van der Waals surface area contributed by atoms with Crippen LogP contribution in [0.4, 0.5) is 20.2 Å². The van der Waals surface area contributed by atoms with Crippen LogP contribution >= 0.6 is 0 Å². The fraction of sp³-hybridized carbons (Fsp3) is 0.200. The molecule has 0 aliphatic rings. The Kier molecular flexibility index (Phi) is 7.99. The fourth-order valence-electron chi connectivity index (χ4n) is 4.36. The lowest BCUT2D eigenvalue weighted by Crippen LogP contribution is -2.26. The molecule has 2 aromatic carbocycles. The van der Waals surface area contributed by atoms with Gasteiger partial charge in [0.25, 0.3) is 0 Å². The van der Waals surface area contributed by atoms with E-state index < -0.39 is 11.6 Å². The van der Waals surface area contributed by atoms with Crippen LogP contribution in [-0.2, 0) is 19.5 Å². The Morgan fingerprint density at radius 3 is 2.70 bits per heavy atom. The molecule has 0 radical (unpaired) electrons. The second kappa shape index (κ2) is 11.5. The van der Waals surface area contributed by atoms with Gasteiger partial charge in [-0.3, -0.25) is 0 Å². The number of hydrogen-bond acceptors (Lipinski definition) is 4. The first-order valence-electron chi connectivity index (χ1n) is 12.2. The molecule has 0 saturated carbocycles. The topological polar surface area (TPSA) is 67.7 Å². The minimum Gasteiger partial charge on any atom is -0.361 e. The second-order valence-electron chi connectivity index (χ2n) is 8.68. The van der Waals surface area contributed by atoms with Crippen LogP contribution in [0.2, 0.25) is 0 Å². The van der Waals surface area contributed by atoms with Crippen molar-refractivity contribution in [3.63, 3.8) is 0 Å². The molecule has 0 fully saturated rings. The maximum Gasteiger partial charge on any atom is 0.156 e. The SMILES string of the molecule is C=Cc1cc(CC)c(F)c(N(Cc2cccc(C#N)c2)Cc2cnc3[nH]ccc3c2N/C=C/CC)c1F. The van der Waals surface area contributed by atoms with Gasteiger partial charge in [-0.2, -0.15) is 5.26 Å². The first-order valence-corrected chi connectivity index (χ1v) is 12.2. The average Bonchev–Trinajstić information content (AvgIpc) is 3.39. The molecule has 2 N–H and O–H groups in total. The van der Waals surface area contributed by atoms with E-state index in [2.05, 4.69) is 27.9 Å². The summed E-state index contributed by atoms with van der Waals surface area (Å²) in [6.07, 6.45) is 10.0. The molecule has 0 bridgehead atoms.